The quantitative estimate of drug-likeness (QED) is 0.178. The zero-order valence-corrected chi connectivity index (χ0v) is 23.3. The summed E-state index contributed by atoms with van der Waals surface area (Å²) in [7, 11) is 0. The van der Waals surface area contributed by atoms with Gasteiger partial charge in [0.25, 0.3) is 0 Å². The van der Waals surface area contributed by atoms with Crippen molar-refractivity contribution in [3.8, 4) is 34.1 Å². The number of hydrogen-bond donors (Lipinski definition) is 0. The zero-order chi connectivity index (χ0) is 32.2. The highest BCUT2D eigenvalue weighted by Crippen LogP contribution is 2.44. The molecule has 4 aromatic carbocycles. The van der Waals surface area contributed by atoms with E-state index in [2.05, 4.69) is 10.1 Å². The fraction of sp³-hybridized carbons (Fsp3) is 0.0588. The lowest BCUT2D eigenvalue weighted by Crippen LogP contribution is -2.13. The molecule has 0 aliphatic heterocycles. The van der Waals surface area contributed by atoms with Crippen LogP contribution in [0.25, 0.3) is 44.4 Å². The predicted molar refractivity (Wildman–Crippen MR) is 158 cm³/mol. The molecule has 3 heterocycles. The highest BCUT2D eigenvalue weighted by atomic mass is 19.4. The smallest absolute Gasteiger partial charge is 0.417 e. The van der Waals surface area contributed by atoms with E-state index in [1.165, 1.54) is 23.0 Å². The Hall–Kier alpha value is -5.65. The first-order valence-electron chi connectivity index (χ1n) is 13.7. The number of fused-ring (bicyclic) bond motifs is 3. The molecule has 0 atom stereocenters. The molecule has 0 fully saturated rings. The average Bonchev–Trinajstić information content (AvgIpc) is 3.63. The Balaban J connectivity index is 1.26. The normalized spacial score (nSPS) is 12.2. The molecule has 0 saturated carbocycles. The van der Waals surface area contributed by atoms with Gasteiger partial charge < -0.3 is 4.74 Å². The van der Waals surface area contributed by atoms with Crippen molar-refractivity contribution in [2.45, 2.75) is 12.4 Å². The van der Waals surface area contributed by atoms with E-state index >= 15 is 0 Å². The zero-order valence-electron chi connectivity index (χ0n) is 23.3. The fourth-order valence-electron chi connectivity index (χ4n) is 5.53. The largest absolute Gasteiger partial charge is 0.457 e. The predicted octanol–water partition coefficient (Wildman–Crippen LogP) is 10.0. The third-order valence-electron chi connectivity index (χ3n) is 7.45. The minimum Gasteiger partial charge on any atom is -0.457 e. The molecular weight excluding hydrogens is 613 g/mol. The van der Waals surface area contributed by atoms with Crippen molar-refractivity contribution in [3.05, 3.63) is 133 Å². The van der Waals surface area contributed by atoms with Crippen LogP contribution in [-0.4, -0.2) is 19.3 Å². The molecular formula is C34H19F7N4O. The van der Waals surface area contributed by atoms with Gasteiger partial charge in [-0.1, -0.05) is 30.3 Å². The van der Waals surface area contributed by atoms with E-state index in [1.807, 2.05) is 34.9 Å². The van der Waals surface area contributed by atoms with Gasteiger partial charge in [0.05, 0.1) is 34.0 Å². The Morgan fingerprint density at radius 3 is 2.09 bits per heavy atom. The number of ether oxygens (including phenoxy) is 1. The Labute approximate surface area is 255 Å². The third kappa shape index (κ3) is 5.21. The second-order valence-electron chi connectivity index (χ2n) is 10.4. The number of hydrogen-bond acceptors (Lipinski definition) is 3. The van der Waals surface area contributed by atoms with Gasteiger partial charge in [-0.15, -0.1) is 0 Å². The van der Waals surface area contributed by atoms with E-state index in [0.717, 1.165) is 34.7 Å². The van der Waals surface area contributed by atoms with Gasteiger partial charge >= 0.3 is 12.4 Å². The maximum Gasteiger partial charge on any atom is 0.417 e. The van der Waals surface area contributed by atoms with E-state index in [0.29, 0.717) is 40.7 Å². The number of nitrogens with zero attached hydrogens (tertiary/aromatic N) is 4. The van der Waals surface area contributed by atoms with Crippen molar-refractivity contribution in [1.29, 1.82) is 0 Å². The van der Waals surface area contributed by atoms with Crippen molar-refractivity contribution in [1.82, 2.24) is 19.3 Å². The highest BCUT2D eigenvalue weighted by Gasteiger charge is 2.41. The third-order valence-corrected chi connectivity index (χ3v) is 7.45. The molecule has 0 radical (unpaired) electrons. The fourth-order valence-corrected chi connectivity index (χ4v) is 5.53. The summed E-state index contributed by atoms with van der Waals surface area (Å²) in [6.07, 6.45) is -6.60. The molecule has 7 aromatic rings. The van der Waals surface area contributed by atoms with Crippen LogP contribution in [0.4, 0.5) is 30.7 Å². The Kier molecular flexibility index (Phi) is 6.80. The number of benzene rings is 4. The SMILES string of the molecule is Fc1ccnc(-n2c3ccccc3c3ccc(Oc4cccc(-n5cc(-c6c(C(F)(F)F)cccc6C(F)(F)F)cn5)c4)cc32)c1. The number of aromatic nitrogens is 4. The van der Waals surface area contributed by atoms with Gasteiger partial charge in [-0.25, -0.2) is 14.1 Å². The maximum atomic E-state index is 14.2. The first kappa shape index (κ1) is 29.1. The van der Waals surface area contributed by atoms with E-state index < -0.39 is 34.9 Å². The molecule has 0 bridgehead atoms. The number of para-hydroxylation sites is 1. The molecule has 46 heavy (non-hydrogen) atoms. The molecule has 230 valence electrons. The second kappa shape index (κ2) is 10.8. The van der Waals surface area contributed by atoms with Gasteiger partial charge in [0, 0.05) is 52.5 Å². The van der Waals surface area contributed by atoms with E-state index in [4.69, 9.17) is 4.74 Å². The highest BCUT2D eigenvalue weighted by molar-refractivity contribution is 6.09. The number of halogens is 7. The summed E-state index contributed by atoms with van der Waals surface area (Å²) in [6, 6.07) is 23.9. The molecule has 0 aliphatic carbocycles. The summed E-state index contributed by atoms with van der Waals surface area (Å²) in [5.74, 6) is 0.673. The van der Waals surface area contributed by atoms with Crippen LogP contribution < -0.4 is 4.74 Å². The number of rotatable bonds is 5. The van der Waals surface area contributed by atoms with E-state index in [-0.39, 0.29) is 5.56 Å². The van der Waals surface area contributed by atoms with Crippen molar-refractivity contribution in [2.75, 3.05) is 0 Å². The van der Waals surface area contributed by atoms with Crippen molar-refractivity contribution in [2.24, 2.45) is 0 Å². The monoisotopic (exact) mass is 632 g/mol. The van der Waals surface area contributed by atoms with Crippen LogP contribution in [0, 0.1) is 5.82 Å². The van der Waals surface area contributed by atoms with Crippen molar-refractivity contribution in [3.63, 3.8) is 0 Å². The van der Waals surface area contributed by atoms with Gasteiger partial charge in [0.2, 0.25) is 0 Å². The Morgan fingerprint density at radius 1 is 0.652 bits per heavy atom. The molecule has 0 amide bonds. The topological polar surface area (TPSA) is 44.9 Å². The molecule has 0 unspecified atom stereocenters. The van der Waals surface area contributed by atoms with E-state index in [9.17, 15) is 30.7 Å². The Morgan fingerprint density at radius 2 is 1.35 bits per heavy atom. The van der Waals surface area contributed by atoms with Crippen LogP contribution in [0.2, 0.25) is 0 Å². The maximum absolute atomic E-state index is 14.2. The van der Waals surface area contributed by atoms with Gasteiger partial charge in [-0.2, -0.15) is 31.4 Å². The van der Waals surface area contributed by atoms with Crippen molar-refractivity contribution < 1.29 is 35.5 Å². The summed E-state index contributed by atoms with van der Waals surface area (Å²) < 4.78 is 106. The van der Waals surface area contributed by atoms with Crippen LogP contribution in [-0.2, 0) is 12.4 Å². The summed E-state index contributed by atoms with van der Waals surface area (Å²) >= 11 is 0. The van der Waals surface area contributed by atoms with Crippen LogP contribution in [0.3, 0.4) is 0 Å². The molecule has 0 aliphatic rings. The lowest BCUT2D eigenvalue weighted by atomic mass is 9.95. The van der Waals surface area contributed by atoms with Gasteiger partial charge in [-0.3, -0.25) is 4.57 Å². The average molecular weight is 633 g/mol. The number of alkyl halides is 6. The summed E-state index contributed by atoms with van der Waals surface area (Å²) in [5, 5.41) is 5.86. The first-order valence-corrected chi connectivity index (χ1v) is 13.7. The van der Waals surface area contributed by atoms with Gasteiger partial charge in [0.1, 0.15) is 23.1 Å². The summed E-state index contributed by atoms with van der Waals surface area (Å²) in [6.45, 7) is 0. The summed E-state index contributed by atoms with van der Waals surface area (Å²) in [5.41, 5.74) is -2.34. The lowest BCUT2D eigenvalue weighted by molar-refractivity contribution is -0.142. The molecule has 3 aromatic heterocycles. The molecule has 0 saturated heterocycles. The molecule has 0 spiro atoms. The Bertz CT molecular complexity index is 2220. The summed E-state index contributed by atoms with van der Waals surface area (Å²) in [4.78, 5) is 4.35. The molecule has 0 N–H and O–H groups in total. The minimum atomic E-state index is -5.02. The van der Waals surface area contributed by atoms with Crippen LogP contribution in [0.1, 0.15) is 11.1 Å². The standard InChI is InChI=1S/C34H19F7N4O/c35-21-13-14-42-31(15-21)45-29-10-2-1-7-25(29)26-12-11-24(17-30(26)45)46-23-6-3-5-22(16-23)44-19-20(18-43-44)32-27(33(36,37)38)8-4-9-28(32)34(39,40)41/h1-19H. The second-order valence-corrected chi connectivity index (χ2v) is 10.4. The molecule has 7 rings (SSSR count). The van der Waals surface area contributed by atoms with Crippen LogP contribution in [0.5, 0.6) is 11.5 Å². The van der Waals surface area contributed by atoms with E-state index in [1.54, 1.807) is 36.4 Å². The lowest BCUT2D eigenvalue weighted by Gasteiger charge is -2.17. The molecule has 5 nitrogen and oxygen atoms in total. The minimum absolute atomic E-state index is 0.326. The number of pyridine rings is 1. The first-order chi connectivity index (χ1) is 22.0. The van der Waals surface area contributed by atoms with Crippen LogP contribution >= 0.6 is 0 Å². The van der Waals surface area contributed by atoms with Crippen LogP contribution in [0.15, 0.2) is 116 Å². The van der Waals surface area contributed by atoms with Gasteiger partial charge in [-0.05, 0) is 48.5 Å². The molecule has 12 heteroatoms. The van der Waals surface area contributed by atoms with Crippen molar-refractivity contribution >= 4 is 21.8 Å². The van der Waals surface area contributed by atoms with Gasteiger partial charge in [0.15, 0.2) is 0 Å².